The molecule has 0 aliphatic carbocycles. The number of nitro groups is 1. The van der Waals surface area contributed by atoms with Gasteiger partial charge in [0, 0.05) is 22.8 Å². The van der Waals surface area contributed by atoms with Crippen LogP contribution in [0.3, 0.4) is 0 Å². The van der Waals surface area contributed by atoms with Crippen molar-refractivity contribution in [2.45, 2.75) is 6.54 Å². The van der Waals surface area contributed by atoms with Crippen molar-refractivity contribution in [1.29, 1.82) is 0 Å². The Hall–Kier alpha value is -1.43. The van der Waals surface area contributed by atoms with Crippen LogP contribution in [-0.4, -0.2) is 20.0 Å². The van der Waals surface area contributed by atoms with Crippen LogP contribution in [0.15, 0.2) is 24.4 Å². The molecular formula is C9H8BrN3O2. The van der Waals surface area contributed by atoms with Gasteiger partial charge in [-0.3, -0.25) is 14.8 Å². The standard InChI is InChI=1S/C9H8BrN3O2/c10-3-4-12-9-5-8(13(14)15)2-1-7(9)6-11-12/h1-2,5-6H,3-4H2. The normalized spacial score (nSPS) is 10.7. The summed E-state index contributed by atoms with van der Waals surface area (Å²) in [6, 6.07) is 4.75. The number of fused-ring (bicyclic) bond motifs is 1. The van der Waals surface area contributed by atoms with Gasteiger partial charge >= 0.3 is 0 Å². The molecule has 0 amide bonds. The minimum atomic E-state index is -0.398. The third kappa shape index (κ3) is 1.85. The molecule has 0 aliphatic rings. The van der Waals surface area contributed by atoms with Gasteiger partial charge in [0.15, 0.2) is 0 Å². The average molecular weight is 270 g/mol. The number of nitro benzene ring substituents is 1. The van der Waals surface area contributed by atoms with Crippen LogP contribution in [0, 0.1) is 10.1 Å². The molecule has 0 bridgehead atoms. The number of aryl methyl sites for hydroxylation is 1. The minimum Gasteiger partial charge on any atom is -0.264 e. The van der Waals surface area contributed by atoms with Gasteiger partial charge in [0.1, 0.15) is 0 Å². The molecule has 2 aromatic rings. The largest absolute Gasteiger partial charge is 0.271 e. The molecule has 6 heteroatoms. The smallest absolute Gasteiger partial charge is 0.264 e. The summed E-state index contributed by atoms with van der Waals surface area (Å²) in [5, 5.41) is 16.4. The zero-order valence-corrected chi connectivity index (χ0v) is 9.35. The van der Waals surface area contributed by atoms with Crippen LogP contribution in [0.2, 0.25) is 0 Å². The molecule has 1 aromatic heterocycles. The van der Waals surface area contributed by atoms with E-state index in [1.165, 1.54) is 6.07 Å². The zero-order valence-electron chi connectivity index (χ0n) is 7.76. The molecule has 0 fully saturated rings. The fraction of sp³-hybridized carbons (Fsp3) is 0.222. The molecule has 2 rings (SSSR count). The van der Waals surface area contributed by atoms with E-state index in [-0.39, 0.29) is 5.69 Å². The number of hydrogen-bond donors (Lipinski definition) is 0. The predicted octanol–water partition coefficient (Wildman–Crippen LogP) is 2.34. The highest BCUT2D eigenvalue weighted by atomic mass is 79.9. The van der Waals surface area contributed by atoms with Crippen molar-refractivity contribution >= 4 is 32.5 Å². The van der Waals surface area contributed by atoms with Gasteiger partial charge in [0.25, 0.3) is 5.69 Å². The van der Waals surface area contributed by atoms with Crippen molar-refractivity contribution in [3.05, 3.63) is 34.5 Å². The molecule has 1 aromatic carbocycles. The number of alkyl halides is 1. The van der Waals surface area contributed by atoms with E-state index in [2.05, 4.69) is 21.0 Å². The third-order valence-corrected chi connectivity index (χ3v) is 2.49. The topological polar surface area (TPSA) is 61.0 Å². The van der Waals surface area contributed by atoms with E-state index < -0.39 is 4.92 Å². The monoisotopic (exact) mass is 269 g/mol. The quantitative estimate of drug-likeness (QED) is 0.488. The Balaban J connectivity index is 2.56. The van der Waals surface area contributed by atoms with E-state index in [1.54, 1.807) is 23.0 Å². The number of rotatable bonds is 3. The molecule has 5 nitrogen and oxygen atoms in total. The number of non-ortho nitro benzene ring substituents is 1. The molecule has 78 valence electrons. The lowest BCUT2D eigenvalue weighted by atomic mass is 10.2. The number of nitrogens with zero attached hydrogens (tertiary/aromatic N) is 3. The number of hydrogen-bond acceptors (Lipinski definition) is 3. The second kappa shape index (κ2) is 3.98. The molecule has 0 radical (unpaired) electrons. The van der Waals surface area contributed by atoms with E-state index in [9.17, 15) is 10.1 Å². The van der Waals surface area contributed by atoms with Gasteiger partial charge in [-0.05, 0) is 6.07 Å². The van der Waals surface area contributed by atoms with Gasteiger partial charge in [-0.1, -0.05) is 15.9 Å². The van der Waals surface area contributed by atoms with Crippen molar-refractivity contribution in [3.63, 3.8) is 0 Å². The first kappa shape index (κ1) is 10.1. The highest BCUT2D eigenvalue weighted by molar-refractivity contribution is 9.09. The summed E-state index contributed by atoms with van der Waals surface area (Å²) >= 11 is 3.31. The minimum absolute atomic E-state index is 0.0961. The number of benzene rings is 1. The van der Waals surface area contributed by atoms with Crippen LogP contribution in [0.4, 0.5) is 5.69 Å². The average Bonchev–Trinajstić information content (AvgIpc) is 2.61. The molecule has 0 aliphatic heterocycles. The van der Waals surface area contributed by atoms with Crippen LogP contribution >= 0.6 is 15.9 Å². The molecular weight excluding hydrogens is 262 g/mol. The summed E-state index contributed by atoms with van der Waals surface area (Å²) in [6.45, 7) is 0.699. The first-order chi connectivity index (χ1) is 7.22. The van der Waals surface area contributed by atoms with E-state index in [0.29, 0.717) is 6.54 Å². The molecule has 0 saturated carbocycles. The molecule has 0 saturated heterocycles. The van der Waals surface area contributed by atoms with E-state index in [0.717, 1.165) is 16.2 Å². The first-order valence-electron chi connectivity index (χ1n) is 4.38. The summed E-state index contributed by atoms with van der Waals surface area (Å²) in [4.78, 5) is 10.2. The summed E-state index contributed by atoms with van der Waals surface area (Å²) in [5.74, 6) is 0. The van der Waals surface area contributed by atoms with Gasteiger partial charge in [0.2, 0.25) is 0 Å². The maximum atomic E-state index is 10.6. The van der Waals surface area contributed by atoms with Crippen molar-refractivity contribution in [3.8, 4) is 0 Å². The highest BCUT2D eigenvalue weighted by Gasteiger charge is 2.09. The Morgan fingerprint density at radius 1 is 1.53 bits per heavy atom. The highest BCUT2D eigenvalue weighted by Crippen LogP contribution is 2.20. The van der Waals surface area contributed by atoms with E-state index in [4.69, 9.17) is 0 Å². The Kier molecular flexibility index (Phi) is 2.68. The summed E-state index contributed by atoms with van der Waals surface area (Å²) in [5.41, 5.74) is 0.891. The van der Waals surface area contributed by atoms with E-state index >= 15 is 0 Å². The van der Waals surface area contributed by atoms with Crippen molar-refractivity contribution in [1.82, 2.24) is 9.78 Å². The lowest BCUT2D eigenvalue weighted by molar-refractivity contribution is -0.384. The maximum Gasteiger partial charge on any atom is 0.271 e. The second-order valence-electron chi connectivity index (χ2n) is 3.06. The van der Waals surface area contributed by atoms with Crippen LogP contribution in [0.25, 0.3) is 10.9 Å². The van der Waals surface area contributed by atoms with Crippen molar-refractivity contribution in [2.75, 3.05) is 5.33 Å². The Bertz CT molecular complexity index is 509. The Morgan fingerprint density at radius 2 is 2.33 bits per heavy atom. The van der Waals surface area contributed by atoms with Crippen LogP contribution in [-0.2, 0) is 6.54 Å². The van der Waals surface area contributed by atoms with Crippen molar-refractivity contribution in [2.24, 2.45) is 0 Å². The van der Waals surface area contributed by atoms with Crippen LogP contribution < -0.4 is 0 Å². The second-order valence-corrected chi connectivity index (χ2v) is 3.85. The fourth-order valence-electron chi connectivity index (χ4n) is 1.43. The van der Waals surface area contributed by atoms with Gasteiger partial charge < -0.3 is 0 Å². The van der Waals surface area contributed by atoms with Gasteiger partial charge in [-0.2, -0.15) is 5.10 Å². The van der Waals surface area contributed by atoms with Gasteiger partial charge in [0.05, 0.1) is 23.2 Å². The number of halogens is 1. The Morgan fingerprint density at radius 3 is 3.00 bits per heavy atom. The maximum absolute atomic E-state index is 10.6. The van der Waals surface area contributed by atoms with Gasteiger partial charge in [-0.25, -0.2) is 0 Å². The summed E-state index contributed by atoms with van der Waals surface area (Å²) in [7, 11) is 0. The predicted molar refractivity (Wildman–Crippen MR) is 60.2 cm³/mol. The molecule has 0 unspecified atom stereocenters. The fourth-order valence-corrected chi connectivity index (χ4v) is 1.77. The molecule has 15 heavy (non-hydrogen) atoms. The third-order valence-electron chi connectivity index (χ3n) is 2.14. The van der Waals surface area contributed by atoms with E-state index in [1.807, 2.05) is 0 Å². The van der Waals surface area contributed by atoms with Crippen LogP contribution in [0.1, 0.15) is 0 Å². The molecule has 0 N–H and O–H groups in total. The molecule has 0 atom stereocenters. The number of aromatic nitrogens is 2. The Labute approximate surface area is 94.0 Å². The zero-order chi connectivity index (χ0) is 10.8. The van der Waals surface area contributed by atoms with Gasteiger partial charge in [-0.15, -0.1) is 0 Å². The summed E-state index contributed by atoms with van der Waals surface area (Å²) < 4.78 is 1.75. The molecule has 0 spiro atoms. The van der Waals surface area contributed by atoms with Crippen molar-refractivity contribution < 1.29 is 4.92 Å². The summed E-state index contributed by atoms with van der Waals surface area (Å²) in [6.07, 6.45) is 1.71. The molecule has 1 heterocycles. The lowest BCUT2D eigenvalue weighted by Crippen LogP contribution is -2.00. The SMILES string of the molecule is O=[N+]([O-])c1ccc2cnn(CCBr)c2c1. The van der Waals surface area contributed by atoms with Crippen LogP contribution in [0.5, 0.6) is 0 Å². The lowest BCUT2D eigenvalue weighted by Gasteiger charge is -1.99. The first-order valence-corrected chi connectivity index (χ1v) is 5.50.